The summed E-state index contributed by atoms with van der Waals surface area (Å²) in [5.74, 6) is 0. The van der Waals surface area contributed by atoms with Gasteiger partial charge in [-0.3, -0.25) is 10.1 Å². The third-order valence-electron chi connectivity index (χ3n) is 3.10. The first-order chi connectivity index (χ1) is 9.28. The summed E-state index contributed by atoms with van der Waals surface area (Å²) in [4.78, 5) is 24.2. The highest BCUT2D eigenvalue weighted by Crippen LogP contribution is 2.28. The van der Waals surface area contributed by atoms with Gasteiger partial charge in [0.2, 0.25) is 0 Å². The van der Waals surface area contributed by atoms with E-state index in [0.29, 0.717) is 18.5 Å². The lowest BCUT2D eigenvalue weighted by Gasteiger charge is -2.30. The van der Waals surface area contributed by atoms with E-state index in [-0.39, 0.29) is 12.2 Å². The van der Waals surface area contributed by atoms with Gasteiger partial charge < -0.3 is 9.64 Å². The Labute approximate surface area is 117 Å². The van der Waals surface area contributed by atoms with Crippen LogP contribution in [-0.4, -0.2) is 28.1 Å². The molecule has 0 fully saturated rings. The summed E-state index contributed by atoms with van der Waals surface area (Å²) >= 11 is 0. The highest BCUT2D eigenvalue weighted by Gasteiger charge is 2.29. The molecular formula is C14H18N2O4. The highest BCUT2D eigenvalue weighted by molar-refractivity contribution is 5.69. The van der Waals surface area contributed by atoms with E-state index >= 15 is 0 Å². The highest BCUT2D eigenvalue weighted by atomic mass is 16.6. The Bertz CT molecular complexity index is 549. The van der Waals surface area contributed by atoms with E-state index in [9.17, 15) is 14.9 Å². The van der Waals surface area contributed by atoms with Gasteiger partial charge in [-0.1, -0.05) is 12.1 Å². The van der Waals surface area contributed by atoms with Crippen LogP contribution in [0.25, 0.3) is 0 Å². The molecule has 1 aliphatic rings. The summed E-state index contributed by atoms with van der Waals surface area (Å²) in [6.07, 6.45) is 0.178. The number of nitro groups is 1. The van der Waals surface area contributed by atoms with Crippen molar-refractivity contribution in [3.63, 3.8) is 0 Å². The van der Waals surface area contributed by atoms with Crippen LogP contribution in [-0.2, 0) is 17.7 Å². The number of carbonyl (C=O) groups excluding carboxylic acids is 1. The maximum Gasteiger partial charge on any atom is 0.410 e. The second-order valence-electron chi connectivity index (χ2n) is 5.82. The number of nitrogens with zero attached hydrogens (tertiary/aromatic N) is 2. The van der Waals surface area contributed by atoms with Crippen molar-refractivity contribution in [2.45, 2.75) is 39.3 Å². The summed E-state index contributed by atoms with van der Waals surface area (Å²) in [7, 11) is 0. The fourth-order valence-corrected chi connectivity index (χ4v) is 2.22. The molecule has 6 nitrogen and oxygen atoms in total. The standard InChI is InChI=1S/C14H18N2O4/c1-14(2,3)20-13(17)15-8-7-10-5-4-6-12(16(18)19)11(10)9-15/h4-6H,7-9H2,1-3H3. The number of carbonyl (C=O) groups is 1. The maximum atomic E-state index is 12.0. The predicted octanol–water partition coefficient (Wildman–Crippen LogP) is 2.89. The van der Waals surface area contributed by atoms with E-state index < -0.39 is 16.6 Å². The van der Waals surface area contributed by atoms with Crippen LogP contribution in [0.5, 0.6) is 0 Å². The fourth-order valence-electron chi connectivity index (χ4n) is 2.22. The molecule has 1 aliphatic heterocycles. The molecule has 108 valence electrons. The molecule has 1 heterocycles. The molecule has 20 heavy (non-hydrogen) atoms. The number of hydrogen-bond donors (Lipinski definition) is 0. The lowest BCUT2D eigenvalue weighted by atomic mass is 9.98. The van der Waals surface area contributed by atoms with Crippen LogP contribution >= 0.6 is 0 Å². The lowest BCUT2D eigenvalue weighted by Crippen LogP contribution is -2.40. The minimum absolute atomic E-state index is 0.0655. The van der Waals surface area contributed by atoms with E-state index in [1.807, 2.05) is 6.07 Å². The Morgan fingerprint density at radius 1 is 1.40 bits per heavy atom. The molecule has 0 atom stereocenters. The van der Waals surface area contributed by atoms with Gasteiger partial charge in [0.05, 0.1) is 17.0 Å². The Balaban J connectivity index is 2.22. The van der Waals surface area contributed by atoms with Crippen LogP contribution in [0.2, 0.25) is 0 Å². The smallest absolute Gasteiger partial charge is 0.410 e. The summed E-state index contributed by atoms with van der Waals surface area (Å²) in [5, 5.41) is 11.0. The number of rotatable bonds is 1. The largest absolute Gasteiger partial charge is 0.444 e. The zero-order chi connectivity index (χ0) is 14.9. The van der Waals surface area contributed by atoms with Crippen molar-refractivity contribution < 1.29 is 14.5 Å². The summed E-state index contributed by atoms with van der Waals surface area (Å²) in [5.41, 5.74) is 1.03. The molecule has 0 aromatic heterocycles. The number of benzene rings is 1. The van der Waals surface area contributed by atoms with Gasteiger partial charge in [0.25, 0.3) is 5.69 Å². The number of fused-ring (bicyclic) bond motifs is 1. The number of nitro benzene ring substituents is 1. The zero-order valence-electron chi connectivity index (χ0n) is 11.9. The van der Waals surface area contributed by atoms with Crippen LogP contribution < -0.4 is 0 Å². The first-order valence-electron chi connectivity index (χ1n) is 6.51. The maximum absolute atomic E-state index is 12.0. The van der Waals surface area contributed by atoms with Crippen molar-refractivity contribution in [1.29, 1.82) is 0 Å². The molecule has 2 rings (SSSR count). The van der Waals surface area contributed by atoms with Gasteiger partial charge in [-0.2, -0.15) is 0 Å². The molecular weight excluding hydrogens is 260 g/mol. The molecule has 0 saturated heterocycles. The Kier molecular flexibility index (Phi) is 3.65. The number of hydrogen-bond acceptors (Lipinski definition) is 4. The molecule has 0 saturated carbocycles. The Morgan fingerprint density at radius 3 is 2.70 bits per heavy atom. The van der Waals surface area contributed by atoms with Crippen molar-refractivity contribution >= 4 is 11.8 Å². The van der Waals surface area contributed by atoms with Gasteiger partial charge in [0.15, 0.2) is 0 Å². The molecule has 0 spiro atoms. The van der Waals surface area contributed by atoms with Crippen LogP contribution in [0.15, 0.2) is 18.2 Å². The Morgan fingerprint density at radius 2 is 2.10 bits per heavy atom. The number of amides is 1. The van der Waals surface area contributed by atoms with Crippen molar-refractivity contribution in [2.75, 3.05) is 6.54 Å². The van der Waals surface area contributed by atoms with Gasteiger partial charge in [-0.05, 0) is 32.8 Å². The van der Waals surface area contributed by atoms with Crippen molar-refractivity contribution in [1.82, 2.24) is 4.90 Å². The van der Waals surface area contributed by atoms with Crippen molar-refractivity contribution in [2.24, 2.45) is 0 Å². The normalized spacial score (nSPS) is 14.7. The van der Waals surface area contributed by atoms with Crippen molar-refractivity contribution in [3.8, 4) is 0 Å². The average molecular weight is 278 g/mol. The monoisotopic (exact) mass is 278 g/mol. The Hall–Kier alpha value is -2.11. The second-order valence-corrected chi connectivity index (χ2v) is 5.82. The summed E-state index contributed by atoms with van der Waals surface area (Å²) in [6, 6.07) is 5.02. The average Bonchev–Trinajstić information content (AvgIpc) is 2.35. The second kappa shape index (κ2) is 5.11. The lowest BCUT2D eigenvalue weighted by molar-refractivity contribution is -0.385. The third kappa shape index (κ3) is 3.07. The van der Waals surface area contributed by atoms with Gasteiger partial charge in [0, 0.05) is 12.6 Å². The molecule has 0 N–H and O–H groups in total. The fraction of sp³-hybridized carbons (Fsp3) is 0.500. The minimum atomic E-state index is -0.569. The SMILES string of the molecule is CC(C)(C)OC(=O)N1CCc2cccc([N+](=O)[O-])c2C1. The number of ether oxygens (including phenoxy) is 1. The van der Waals surface area contributed by atoms with Gasteiger partial charge in [-0.25, -0.2) is 4.79 Å². The molecule has 0 unspecified atom stereocenters. The van der Waals surface area contributed by atoms with Crippen LogP contribution in [0.3, 0.4) is 0 Å². The van der Waals surface area contributed by atoms with E-state index in [1.165, 1.54) is 11.0 Å². The van der Waals surface area contributed by atoms with Gasteiger partial charge in [-0.15, -0.1) is 0 Å². The molecule has 0 radical (unpaired) electrons. The zero-order valence-corrected chi connectivity index (χ0v) is 11.9. The van der Waals surface area contributed by atoms with Crippen LogP contribution in [0.1, 0.15) is 31.9 Å². The predicted molar refractivity (Wildman–Crippen MR) is 73.4 cm³/mol. The molecule has 0 aliphatic carbocycles. The van der Waals surface area contributed by atoms with Gasteiger partial charge in [0.1, 0.15) is 5.60 Å². The van der Waals surface area contributed by atoms with Crippen molar-refractivity contribution in [3.05, 3.63) is 39.4 Å². The quantitative estimate of drug-likeness (QED) is 0.585. The molecule has 6 heteroatoms. The summed E-state index contributed by atoms with van der Waals surface area (Å²) in [6.45, 7) is 6.13. The topological polar surface area (TPSA) is 72.7 Å². The third-order valence-corrected chi connectivity index (χ3v) is 3.10. The van der Waals surface area contributed by atoms with E-state index in [2.05, 4.69) is 0 Å². The first-order valence-corrected chi connectivity index (χ1v) is 6.51. The van der Waals surface area contributed by atoms with Crippen LogP contribution in [0, 0.1) is 10.1 Å². The van der Waals surface area contributed by atoms with E-state index in [1.54, 1.807) is 26.8 Å². The van der Waals surface area contributed by atoms with Crippen LogP contribution in [0.4, 0.5) is 10.5 Å². The van der Waals surface area contributed by atoms with Gasteiger partial charge >= 0.3 is 6.09 Å². The summed E-state index contributed by atoms with van der Waals surface area (Å²) < 4.78 is 5.31. The minimum Gasteiger partial charge on any atom is -0.444 e. The van der Waals surface area contributed by atoms with E-state index in [4.69, 9.17) is 4.74 Å². The molecule has 1 aromatic rings. The molecule has 1 amide bonds. The molecule has 0 bridgehead atoms. The van der Waals surface area contributed by atoms with E-state index in [0.717, 1.165) is 5.56 Å². The molecule has 1 aromatic carbocycles. The first kappa shape index (κ1) is 14.3.